The molecule has 0 heterocycles. The maximum atomic E-state index is 14.1. The number of halogens is 2. The van der Waals surface area contributed by atoms with E-state index in [1.807, 2.05) is 6.92 Å². The molecule has 0 amide bonds. The van der Waals surface area contributed by atoms with Crippen molar-refractivity contribution < 1.29 is 17.5 Å². The Kier molecular flexibility index (Phi) is 6.53. The Morgan fingerprint density at radius 3 is 2.70 bits per heavy atom. The Hall–Kier alpha value is -0.540. The Morgan fingerprint density at radius 2 is 2.15 bits per heavy atom. The molecule has 0 aliphatic carbocycles. The van der Waals surface area contributed by atoms with Crippen LogP contribution >= 0.6 is 15.9 Å². The van der Waals surface area contributed by atoms with Gasteiger partial charge in [0.2, 0.25) is 10.0 Å². The average molecular weight is 369 g/mol. The van der Waals surface area contributed by atoms with Crippen LogP contribution in [0.5, 0.6) is 0 Å². The van der Waals surface area contributed by atoms with E-state index in [1.54, 1.807) is 6.92 Å². The molecule has 20 heavy (non-hydrogen) atoms. The van der Waals surface area contributed by atoms with Crippen molar-refractivity contribution in [2.75, 3.05) is 13.2 Å². The number of nitrogens with two attached hydrogens (primary N) is 1. The molecular weight excluding hydrogens is 351 g/mol. The van der Waals surface area contributed by atoms with Crippen LogP contribution in [0.2, 0.25) is 0 Å². The monoisotopic (exact) mass is 368 g/mol. The summed E-state index contributed by atoms with van der Waals surface area (Å²) in [4.78, 5) is -0.420. The van der Waals surface area contributed by atoms with Gasteiger partial charge in [-0.25, -0.2) is 17.5 Å². The molecule has 0 radical (unpaired) electrons. The van der Waals surface area contributed by atoms with E-state index in [1.165, 1.54) is 12.1 Å². The van der Waals surface area contributed by atoms with Crippen molar-refractivity contribution in [2.45, 2.75) is 31.4 Å². The van der Waals surface area contributed by atoms with Gasteiger partial charge in [0.25, 0.3) is 0 Å². The molecule has 0 fully saturated rings. The van der Waals surface area contributed by atoms with E-state index in [0.29, 0.717) is 11.1 Å². The lowest BCUT2D eigenvalue weighted by atomic mass is 10.2. The SMILES string of the molecule is CCOC(C)CNS(=O)(=O)c1cc(Br)cc(CN)c1F. The molecular formula is C12H18BrFN2O3S. The Bertz CT molecular complexity index is 566. The van der Waals surface area contributed by atoms with Crippen LogP contribution in [0.4, 0.5) is 4.39 Å². The summed E-state index contributed by atoms with van der Waals surface area (Å²) < 4.78 is 46.3. The molecule has 1 unspecified atom stereocenters. The van der Waals surface area contributed by atoms with Gasteiger partial charge in [0.15, 0.2) is 0 Å². The molecule has 1 atom stereocenters. The molecule has 114 valence electrons. The van der Waals surface area contributed by atoms with Gasteiger partial charge in [-0.15, -0.1) is 0 Å². The molecule has 0 bridgehead atoms. The largest absolute Gasteiger partial charge is 0.377 e. The van der Waals surface area contributed by atoms with E-state index in [-0.39, 0.29) is 24.8 Å². The minimum absolute atomic E-state index is 0.0695. The van der Waals surface area contributed by atoms with Gasteiger partial charge in [-0.3, -0.25) is 0 Å². The van der Waals surface area contributed by atoms with E-state index >= 15 is 0 Å². The third-order valence-electron chi connectivity index (χ3n) is 2.60. The summed E-state index contributed by atoms with van der Waals surface area (Å²) in [5.41, 5.74) is 5.53. The number of rotatable bonds is 7. The molecule has 0 aromatic heterocycles. The first-order valence-corrected chi connectivity index (χ1v) is 8.38. The first kappa shape index (κ1) is 17.5. The van der Waals surface area contributed by atoms with Gasteiger partial charge in [-0.05, 0) is 26.0 Å². The number of ether oxygens (including phenoxy) is 1. The first-order chi connectivity index (χ1) is 9.31. The molecule has 0 saturated heterocycles. The lowest BCUT2D eigenvalue weighted by molar-refractivity contribution is 0.0799. The minimum atomic E-state index is -3.95. The highest BCUT2D eigenvalue weighted by atomic mass is 79.9. The number of hydrogen-bond donors (Lipinski definition) is 2. The second-order valence-corrected chi connectivity index (χ2v) is 6.85. The summed E-state index contributed by atoms with van der Waals surface area (Å²) in [7, 11) is -3.95. The zero-order valence-electron chi connectivity index (χ0n) is 11.3. The summed E-state index contributed by atoms with van der Waals surface area (Å²) in [6.07, 6.45) is -0.293. The quantitative estimate of drug-likeness (QED) is 0.767. The fourth-order valence-corrected chi connectivity index (χ4v) is 3.53. The number of benzene rings is 1. The van der Waals surface area contributed by atoms with Crippen molar-refractivity contribution in [3.05, 3.63) is 28.0 Å². The second kappa shape index (κ2) is 7.46. The minimum Gasteiger partial charge on any atom is -0.377 e. The van der Waals surface area contributed by atoms with Gasteiger partial charge in [0, 0.05) is 29.7 Å². The van der Waals surface area contributed by atoms with Gasteiger partial charge < -0.3 is 10.5 Å². The maximum absolute atomic E-state index is 14.1. The molecule has 5 nitrogen and oxygen atoms in total. The highest BCUT2D eigenvalue weighted by molar-refractivity contribution is 9.10. The smallest absolute Gasteiger partial charge is 0.243 e. The van der Waals surface area contributed by atoms with Crippen LogP contribution in [0.1, 0.15) is 19.4 Å². The predicted octanol–water partition coefficient (Wildman–Crippen LogP) is 1.75. The van der Waals surface area contributed by atoms with Crippen molar-refractivity contribution in [1.29, 1.82) is 0 Å². The van der Waals surface area contributed by atoms with Crippen LogP contribution in [-0.2, 0) is 21.3 Å². The van der Waals surface area contributed by atoms with Crippen molar-refractivity contribution in [3.8, 4) is 0 Å². The number of nitrogens with one attached hydrogen (secondary N) is 1. The fourth-order valence-electron chi connectivity index (χ4n) is 1.61. The van der Waals surface area contributed by atoms with E-state index in [2.05, 4.69) is 20.7 Å². The molecule has 1 rings (SSSR count). The summed E-state index contributed by atoms with van der Waals surface area (Å²) in [5.74, 6) is -0.827. The van der Waals surface area contributed by atoms with Crippen LogP contribution in [0.15, 0.2) is 21.5 Å². The van der Waals surface area contributed by atoms with Crippen molar-refractivity contribution >= 4 is 26.0 Å². The van der Waals surface area contributed by atoms with Gasteiger partial charge in [-0.2, -0.15) is 0 Å². The van der Waals surface area contributed by atoms with Crippen LogP contribution < -0.4 is 10.5 Å². The van der Waals surface area contributed by atoms with E-state index in [0.717, 1.165) is 0 Å². The van der Waals surface area contributed by atoms with Crippen LogP contribution in [0.3, 0.4) is 0 Å². The fraction of sp³-hybridized carbons (Fsp3) is 0.500. The highest BCUT2D eigenvalue weighted by Gasteiger charge is 2.22. The summed E-state index contributed by atoms with van der Waals surface area (Å²) >= 11 is 3.15. The van der Waals surface area contributed by atoms with E-state index in [9.17, 15) is 12.8 Å². The second-order valence-electron chi connectivity index (χ2n) is 4.20. The zero-order chi connectivity index (χ0) is 15.3. The Morgan fingerprint density at radius 1 is 1.50 bits per heavy atom. The standard InChI is InChI=1S/C12H18BrFN2O3S/c1-3-19-8(2)7-16-20(17,18)11-5-10(13)4-9(6-15)12(11)14/h4-5,8,16H,3,6-7,15H2,1-2H3. The molecule has 0 aliphatic rings. The normalized spacial score (nSPS) is 13.4. The summed E-state index contributed by atoms with van der Waals surface area (Å²) in [6, 6.07) is 2.67. The molecule has 0 spiro atoms. The van der Waals surface area contributed by atoms with Gasteiger partial charge in [-0.1, -0.05) is 15.9 Å². The highest BCUT2D eigenvalue weighted by Crippen LogP contribution is 2.23. The van der Waals surface area contributed by atoms with Crippen LogP contribution in [0, 0.1) is 5.82 Å². The molecule has 0 aliphatic heterocycles. The van der Waals surface area contributed by atoms with Crippen molar-refractivity contribution in [1.82, 2.24) is 4.72 Å². The predicted molar refractivity (Wildman–Crippen MR) is 78.3 cm³/mol. The van der Waals surface area contributed by atoms with E-state index < -0.39 is 20.7 Å². The molecule has 1 aromatic rings. The Labute approximate surface area is 126 Å². The van der Waals surface area contributed by atoms with Crippen LogP contribution in [0.25, 0.3) is 0 Å². The lowest BCUT2D eigenvalue weighted by Gasteiger charge is -2.14. The third kappa shape index (κ3) is 4.49. The van der Waals surface area contributed by atoms with Gasteiger partial charge in [0.05, 0.1) is 6.10 Å². The first-order valence-electron chi connectivity index (χ1n) is 6.11. The van der Waals surface area contributed by atoms with E-state index in [4.69, 9.17) is 10.5 Å². The summed E-state index contributed by atoms with van der Waals surface area (Å²) in [6.45, 7) is 4.01. The molecule has 1 aromatic carbocycles. The van der Waals surface area contributed by atoms with Crippen molar-refractivity contribution in [3.63, 3.8) is 0 Å². The number of sulfonamides is 1. The molecule has 3 N–H and O–H groups in total. The van der Waals surface area contributed by atoms with Crippen molar-refractivity contribution in [2.24, 2.45) is 5.73 Å². The Balaban J connectivity index is 3.01. The zero-order valence-corrected chi connectivity index (χ0v) is 13.7. The molecule has 8 heteroatoms. The maximum Gasteiger partial charge on any atom is 0.243 e. The third-order valence-corrected chi connectivity index (χ3v) is 4.48. The topological polar surface area (TPSA) is 81.4 Å². The van der Waals surface area contributed by atoms with Crippen LogP contribution in [-0.4, -0.2) is 27.7 Å². The lowest BCUT2D eigenvalue weighted by Crippen LogP contribution is -2.32. The average Bonchev–Trinajstić information content (AvgIpc) is 2.39. The van der Waals surface area contributed by atoms with Gasteiger partial charge >= 0.3 is 0 Å². The molecule has 0 saturated carbocycles. The van der Waals surface area contributed by atoms with Gasteiger partial charge in [0.1, 0.15) is 10.7 Å². The number of hydrogen-bond acceptors (Lipinski definition) is 4. The summed E-state index contributed by atoms with van der Waals surface area (Å²) in [5, 5.41) is 0.